The van der Waals surface area contributed by atoms with Crippen molar-refractivity contribution in [2.45, 2.75) is 38.7 Å². The standard InChI is InChI=1S/C18H20N2O/c19-11-18(12-20)10-16-7-4-8-17(9-16)14-21-13-15-5-2-1-3-6-15/h4,7-10,15H,1-3,5-6,13-14H2. The van der Waals surface area contributed by atoms with Gasteiger partial charge in [-0.25, -0.2) is 0 Å². The second-order valence-electron chi connectivity index (χ2n) is 5.55. The zero-order chi connectivity index (χ0) is 14.9. The molecular weight excluding hydrogens is 260 g/mol. The Balaban J connectivity index is 1.88. The smallest absolute Gasteiger partial charge is 0.130 e. The van der Waals surface area contributed by atoms with Crippen LogP contribution < -0.4 is 0 Å². The summed E-state index contributed by atoms with van der Waals surface area (Å²) in [7, 11) is 0. The first-order valence-electron chi connectivity index (χ1n) is 7.50. The van der Waals surface area contributed by atoms with Crippen molar-refractivity contribution in [2.75, 3.05) is 6.61 Å². The van der Waals surface area contributed by atoms with Crippen LogP contribution in [0.3, 0.4) is 0 Å². The van der Waals surface area contributed by atoms with Gasteiger partial charge >= 0.3 is 0 Å². The first kappa shape index (κ1) is 15.3. The Bertz CT molecular complexity index is 556. The summed E-state index contributed by atoms with van der Waals surface area (Å²) in [6.45, 7) is 1.42. The van der Waals surface area contributed by atoms with E-state index in [1.54, 1.807) is 6.08 Å². The molecule has 1 saturated carbocycles. The number of nitrogens with zero attached hydrogens (tertiary/aromatic N) is 2. The molecule has 1 aliphatic carbocycles. The minimum absolute atomic E-state index is 0.121. The molecule has 0 atom stereocenters. The van der Waals surface area contributed by atoms with Crippen molar-refractivity contribution in [1.29, 1.82) is 10.5 Å². The quantitative estimate of drug-likeness (QED) is 0.759. The Morgan fingerprint density at radius 3 is 2.67 bits per heavy atom. The molecule has 0 amide bonds. The summed E-state index contributed by atoms with van der Waals surface area (Å²) in [5, 5.41) is 17.6. The molecule has 0 heterocycles. The third kappa shape index (κ3) is 5.06. The fourth-order valence-corrected chi connectivity index (χ4v) is 2.73. The number of nitriles is 2. The van der Waals surface area contributed by atoms with Gasteiger partial charge in [-0.05, 0) is 42.0 Å². The van der Waals surface area contributed by atoms with Crippen LogP contribution >= 0.6 is 0 Å². The minimum Gasteiger partial charge on any atom is -0.376 e. The molecule has 0 aromatic heterocycles. The van der Waals surface area contributed by atoms with E-state index in [2.05, 4.69) is 0 Å². The monoisotopic (exact) mass is 280 g/mol. The number of ether oxygens (including phenoxy) is 1. The van der Waals surface area contributed by atoms with Gasteiger partial charge < -0.3 is 4.74 Å². The lowest BCUT2D eigenvalue weighted by molar-refractivity contribution is 0.0739. The highest BCUT2D eigenvalue weighted by molar-refractivity contribution is 5.62. The predicted octanol–water partition coefficient (Wildman–Crippen LogP) is 4.21. The predicted molar refractivity (Wildman–Crippen MR) is 81.9 cm³/mol. The molecule has 0 saturated heterocycles. The average Bonchev–Trinajstić information content (AvgIpc) is 2.54. The second-order valence-corrected chi connectivity index (χ2v) is 5.55. The van der Waals surface area contributed by atoms with Crippen molar-refractivity contribution < 1.29 is 4.74 Å². The maximum absolute atomic E-state index is 8.78. The fourth-order valence-electron chi connectivity index (χ4n) is 2.73. The first-order valence-corrected chi connectivity index (χ1v) is 7.50. The largest absolute Gasteiger partial charge is 0.376 e. The molecule has 2 rings (SSSR count). The van der Waals surface area contributed by atoms with E-state index in [1.807, 2.05) is 36.4 Å². The molecule has 0 spiro atoms. The van der Waals surface area contributed by atoms with Crippen molar-refractivity contribution in [3.05, 3.63) is 41.0 Å². The van der Waals surface area contributed by atoms with Gasteiger partial charge in [-0.2, -0.15) is 10.5 Å². The van der Waals surface area contributed by atoms with Gasteiger partial charge in [-0.1, -0.05) is 37.5 Å². The third-order valence-electron chi connectivity index (χ3n) is 3.85. The Kier molecular flexibility index (Phi) is 6.00. The van der Waals surface area contributed by atoms with E-state index in [9.17, 15) is 0 Å². The van der Waals surface area contributed by atoms with Crippen LogP contribution in [-0.4, -0.2) is 6.61 Å². The van der Waals surface area contributed by atoms with Crippen molar-refractivity contribution in [1.82, 2.24) is 0 Å². The summed E-state index contributed by atoms with van der Waals surface area (Å²) in [5.74, 6) is 0.714. The molecule has 1 aromatic carbocycles. The molecular formula is C18H20N2O. The van der Waals surface area contributed by atoms with E-state index >= 15 is 0 Å². The Morgan fingerprint density at radius 2 is 1.95 bits per heavy atom. The lowest BCUT2D eigenvalue weighted by atomic mass is 9.90. The topological polar surface area (TPSA) is 56.8 Å². The zero-order valence-electron chi connectivity index (χ0n) is 12.2. The zero-order valence-corrected chi connectivity index (χ0v) is 12.2. The van der Waals surface area contributed by atoms with Gasteiger partial charge in [0.15, 0.2) is 0 Å². The normalized spacial score (nSPS) is 15.0. The van der Waals surface area contributed by atoms with E-state index in [0.717, 1.165) is 17.7 Å². The van der Waals surface area contributed by atoms with Crippen molar-refractivity contribution in [2.24, 2.45) is 5.92 Å². The van der Waals surface area contributed by atoms with Gasteiger partial charge in [0.25, 0.3) is 0 Å². The molecule has 0 N–H and O–H groups in total. The van der Waals surface area contributed by atoms with E-state index in [1.165, 1.54) is 32.1 Å². The molecule has 108 valence electrons. The highest BCUT2D eigenvalue weighted by Crippen LogP contribution is 2.24. The number of hydrogen-bond acceptors (Lipinski definition) is 3. The van der Waals surface area contributed by atoms with E-state index in [0.29, 0.717) is 12.5 Å². The number of rotatable bonds is 5. The summed E-state index contributed by atoms with van der Waals surface area (Å²) >= 11 is 0. The third-order valence-corrected chi connectivity index (χ3v) is 3.85. The minimum atomic E-state index is 0.121. The van der Waals surface area contributed by atoms with Gasteiger partial charge in [0.05, 0.1) is 6.61 Å². The Labute approximate surface area is 126 Å². The van der Waals surface area contributed by atoms with Crippen molar-refractivity contribution in [3.8, 4) is 12.1 Å². The molecule has 3 nitrogen and oxygen atoms in total. The SMILES string of the molecule is N#CC(C#N)=Cc1cccc(COCC2CCCCC2)c1. The van der Waals surface area contributed by atoms with Crippen LogP contribution in [-0.2, 0) is 11.3 Å². The maximum atomic E-state index is 8.78. The number of allylic oxidation sites excluding steroid dienone is 1. The molecule has 0 unspecified atom stereocenters. The molecule has 1 aliphatic rings. The first-order chi connectivity index (χ1) is 10.3. The van der Waals surface area contributed by atoms with Gasteiger partial charge in [-0.15, -0.1) is 0 Å². The van der Waals surface area contributed by atoms with Gasteiger partial charge in [0, 0.05) is 6.61 Å². The van der Waals surface area contributed by atoms with Gasteiger partial charge in [-0.3, -0.25) is 0 Å². The summed E-state index contributed by atoms with van der Waals surface area (Å²) in [5.41, 5.74) is 2.07. The summed E-state index contributed by atoms with van der Waals surface area (Å²) in [4.78, 5) is 0. The molecule has 1 aromatic rings. The molecule has 21 heavy (non-hydrogen) atoms. The molecule has 3 heteroatoms. The van der Waals surface area contributed by atoms with E-state index < -0.39 is 0 Å². The van der Waals surface area contributed by atoms with E-state index in [-0.39, 0.29) is 5.57 Å². The van der Waals surface area contributed by atoms with Crippen LogP contribution in [0.2, 0.25) is 0 Å². The summed E-state index contributed by atoms with van der Waals surface area (Å²) in [6, 6.07) is 11.5. The molecule has 0 bridgehead atoms. The van der Waals surface area contributed by atoms with Gasteiger partial charge in [0.1, 0.15) is 17.7 Å². The molecule has 0 aliphatic heterocycles. The van der Waals surface area contributed by atoms with Crippen LogP contribution in [0.1, 0.15) is 43.2 Å². The summed E-state index contributed by atoms with van der Waals surface area (Å²) in [6.07, 6.45) is 8.21. The van der Waals surface area contributed by atoms with Crippen LogP contribution in [0.5, 0.6) is 0 Å². The fraction of sp³-hybridized carbons (Fsp3) is 0.444. The molecule has 0 radical (unpaired) electrons. The van der Waals surface area contributed by atoms with Gasteiger partial charge in [0.2, 0.25) is 0 Å². The second kappa shape index (κ2) is 8.25. The lowest BCUT2D eigenvalue weighted by Gasteiger charge is -2.21. The lowest BCUT2D eigenvalue weighted by Crippen LogP contribution is -2.13. The van der Waals surface area contributed by atoms with Crippen LogP contribution in [0, 0.1) is 28.6 Å². The van der Waals surface area contributed by atoms with Crippen molar-refractivity contribution >= 4 is 6.08 Å². The van der Waals surface area contributed by atoms with Crippen molar-refractivity contribution in [3.63, 3.8) is 0 Å². The van der Waals surface area contributed by atoms with Crippen LogP contribution in [0.25, 0.3) is 6.08 Å². The van der Waals surface area contributed by atoms with Crippen LogP contribution in [0.15, 0.2) is 29.8 Å². The highest BCUT2D eigenvalue weighted by atomic mass is 16.5. The number of benzene rings is 1. The Morgan fingerprint density at radius 1 is 1.19 bits per heavy atom. The van der Waals surface area contributed by atoms with Crippen LogP contribution in [0.4, 0.5) is 0 Å². The maximum Gasteiger partial charge on any atom is 0.130 e. The summed E-state index contributed by atoms with van der Waals surface area (Å²) < 4.78 is 5.82. The Hall–Kier alpha value is -2.10. The highest BCUT2D eigenvalue weighted by Gasteiger charge is 2.13. The molecule has 1 fully saturated rings. The number of hydrogen-bond donors (Lipinski definition) is 0. The van der Waals surface area contributed by atoms with E-state index in [4.69, 9.17) is 15.3 Å². The average molecular weight is 280 g/mol.